The summed E-state index contributed by atoms with van der Waals surface area (Å²) in [6, 6.07) is 7.02. The Morgan fingerprint density at radius 1 is 1.42 bits per heavy atom. The zero-order chi connectivity index (χ0) is 13.8. The van der Waals surface area contributed by atoms with Crippen LogP contribution < -0.4 is 11.1 Å². The quantitative estimate of drug-likeness (QED) is 0.694. The Labute approximate surface area is 109 Å². The minimum absolute atomic E-state index is 0.284. The predicted molar refractivity (Wildman–Crippen MR) is 70.4 cm³/mol. The minimum atomic E-state index is -1.78. The van der Waals surface area contributed by atoms with Crippen molar-refractivity contribution in [2.24, 2.45) is 7.05 Å². The number of nitrogens with zero attached hydrogens (tertiary/aromatic N) is 2. The fourth-order valence-corrected chi connectivity index (χ4v) is 2.61. The van der Waals surface area contributed by atoms with Crippen LogP contribution >= 0.6 is 0 Å². The van der Waals surface area contributed by atoms with Crippen molar-refractivity contribution >= 4 is 17.4 Å². The molecule has 1 atom stereocenters. The topological polar surface area (TPSA) is 93.2 Å². The number of carbonyl (C=O) groups is 1. The van der Waals surface area contributed by atoms with Crippen molar-refractivity contribution in [1.82, 2.24) is 9.78 Å². The van der Waals surface area contributed by atoms with Gasteiger partial charge >= 0.3 is 0 Å². The fourth-order valence-electron chi connectivity index (χ4n) is 2.61. The Bertz CT molecular complexity index is 692. The van der Waals surface area contributed by atoms with Gasteiger partial charge in [-0.2, -0.15) is 5.10 Å². The molecule has 0 fully saturated rings. The number of benzene rings is 1. The Kier molecular flexibility index (Phi) is 2.21. The van der Waals surface area contributed by atoms with E-state index < -0.39 is 11.5 Å². The third kappa shape index (κ3) is 1.34. The van der Waals surface area contributed by atoms with Gasteiger partial charge in [0.05, 0.1) is 11.3 Å². The van der Waals surface area contributed by atoms with Gasteiger partial charge in [-0.3, -0.25) is 9.48 Å². The smallest absolute Gasteiger partial charge is 0.266 e. The first kappa shape index (κ1) is 11.7. The van der Waals surface area contributed by atoms with Gasteiger partial charge < -0.3 is 16.2 Å². The number of nitrogens with two attached hydrogens (primary N) is 1. The second-order valence-electron chi connectivity index (χ2n) is 4.68. The van der Waals surface area contributed by atoms with Crippen LogP contribution in [0.5, 0.6) is 0 Å². The lowest BCUT2D eigenvalue weighted by Crippen LogP contribution is -2.36. The summed E-state index contributed by atoms with van der Waals surface area (Å²) in [4.78, 5) is 12.2. The van der Waals surface area contributed by atoms with Crippen LogP contribution in [-0.2, 0) is 17.4 Å². The van der Waals surface area contributed by atoms with Crippen molar-refractivity contribution < 1.29 is 9.90 Å². The maximum Gasteiger partial charge on any atom is 0.266 e. The number of carbonyl (C=O) groups excluding carboxylic acids is 1. The van der Waals surface area contributed by atoms with E-state index in [-0.39, 0.29) is 5.82 Å². The number of hydrogen-bond acceptors (Lipinski definition) is 4. The van der Waals surface area contributed by atoms with Crippen molar-refractivity contribution in [2.45, 2.75) is 12.5 Å². The van der Waals surface area contributed by atoms with E-state index in [1.807, 2.05) is 0 Å². The molecule has 19 heavy (non-hydrogen) atoms. The van der Waals surface area contributed by atoms with E-state index in [1.165, 1.54) is 4.68 Å². The summed E-state index contributed by atoms with van der Waals surface area (Å²) < 4.78 is 1.46. The molecule has 0 spiro atoms. The van der Waals surface area contributed by atoms with Gasteiger partial charge in [-0.05, 0) is 13.0 Å². The number of rotatable bonds is 1. The molecule has 0 bridgehead atoms. The van der Waals surface area contributed by atoms with Crippen LogP contribution in [0.25, 0.3) is 0 Å². The second-order valence-corrected chi connectivity index (χ2v) is 4.68. The molecule has 4 N–H and O–H groups in total. The van der Waals surface area contributed by atoms with Crippen LogP contribution in [-0.4, -0.2) is 20.8 Å². The highest BCUT2D eigenvalue weighted by atomic mass is 16.3. The molecule has 2 heterocycles. The molecule has 0 aliphatic carbocycles. The molecule has 3 rings (SSSR count). The van der Waals surface area contributed by atoms with Crippen LogP contribution in [0, 0.1) is 6.92 Å². The van der Waals surface area contributed by atoms with E-state index in [0.717, 1.165) is 0 Å². The van der Waals surface area contributed by atoms with Gasteiger partial charge in [0.1, 0.15) is 5.82 Å². The standard InChI is InChI=1S/C13H14N4O2/c1-7-10(11(14)17(2)16-7)13(19)8-5-3-4-6-9(8)15-12(13)18/h3-6,19H,14H2,1-2H3,(H,15,18)/t13-/m1/s1. The highest BCUT2D eigenvalue weighted by Gasteiger charge is 2.49. The Morgan fingerprint density at radius 3 is 2.74 bits per heavy atom. The number of nitrogens with one attached hydrogen (secondary N) is 1. The van der Waals surface area contributed by atoms with E-state index in [0.29, 0.717) is 22.5 Å². The van der Waals surface area contributed by atoms with Crippen LogP contribution in [0.15, 0.2) is 24.3 Å². The Balaban J connectivity index is 2.32. The molecule has 98 valence electrons. The van der Waals surface area contributed by atoms with Crippen molar-refractivity contribution in [3.63, 3.8) is 0 Å². The molecule has 0 radical (unpaired) electrons. The number of amides is 1. The molecule has 0 unspecified atom stereocenters. The summed E-state index contributed by atoms with van der Waals surface area (Å²) in [5.41, 5.74) is 6.15. The highest BCUT2D eigenvalue weighted by molar-refractivity contribution is 6.08. The summed E-state index contributed by atoms with van der Waals surface area (Å²) in [6.07, 6.45) is 0. The first-order chi connectivity index (χ1) is 8.96. The number of para-hydroxylation sites is 1. The summed E-state index contributed by atoms with van der Waals surface area (Å²) in [7, 11) is 1.67. The van der Waals surface area contributed by atoms with Crippen molar-refractivity contribution in [3.8, 4) is 0 Å². The van der Waals surface area contributed by atoms with Crippen molar-refractivity contribution in [2.75, 3.05) is 11.1 Å². The molecule has 0 saturated carbocycles. The predicted octanol–water partition coefficient (Wildman–Crippen LogP) is 0.499. The molecular formula is C13H14N4O2. The zero-order valence-corrected chi connectivity index (χ0v) is 10.6. The third-order valence-corrected chi connectivity index (χ3v) is 3.52. The number of aliphatic hydroxyl groups is 1. The first-order valence-corrected chi connectivity index (χ1v) is 5.89. The number of hydrogen-bond donors (Lipinski definition) is 3. The van der Waals surface area contributed by atoms with Crippen LogP contribution in [0.1, 0.15) is 16.8 Å². The maximum atomic E-state index is 12.2. The molecule has 6 nitrogen and oxygen atoms in total. The van der Waals surface area contributed by atoms with Gasteiger partial charge in [-0.1, -0.05) is 18.2 Å². The number of nitrogen functional groups attached to an aromatic ring is 1. The summed E-state index contributed by atoms with van der Waals surface area (Å²) >= 11 is 0. The van der Waals surface area contributed by atoms with E-state index >= 15 is 0 Å². The summed E-state index contributed by atoms with van der Waals surface area (Å²) in [5, 5.41) is 17.7. The molecule has 1 aromatic heterocycles. The van der Waals surface area contributed by atoms with Crippen molar-refractivity contribution in [3.05, 3.63) is 41.1 Å². The first-order valence-electron chi connectivity index (χ1n) is 5.89. The fraction of sp³-hybridized carbons (Fsp3) is 0.231. The Hall–Kier alpha value is -2.34. The van der Waals surface area contributed by atoms with E-state index in [4.69, 9.17) is 5.73 Å². The van der Waals surface area contributed by atoms with Gasteiger partial charge in [0.2, 0.25) is 5.60 Å². The monoisotopic (exact) mass is 258 g/mol. The van der Waals surface area contributed by atoms with Gasteiger partial charge in [0.15, 0.2) is 0 Å². The SMILES string of the molecule is Cc1nn(C)c(N)c1[C@@]1(O)C(=O)Nc2ccccc21. The number of anilines is 2. The van der Waals surface area contributed by atoms with Gasteiger partial charge in [0.25, 0.3) is 5.91 Å². The third-order valence-electron chi connectivity index (χ3n) is 3.52. The van der Waals surface area contributed by atoms with E-state index in [9.17, 15) is 9.90 Å². The maximum absolute atomic E-state index is 12.2. The average Bonchev–Trinajstić information content (AvgIpc) is 2.77. The summed E-state index contributed by atoms with van der Waals surface area (Å²) in [6.45, 7) is 1.72. The van der Waals surface area contributed by atoms with Gasteiger partial charge in [-0.15, -0.1) is 0 Å². The van der Waals surface area contributed by atoms with Crippen LogP contribution in [0.2, 0.25) is 0 Å². The normalized spacial score (nSPS) is 21.3. The Morgan fingerprint density at radius 2 is 2.11 bits per heavy atom. The molecule has 1 aliphatic rings. The highest BCUT2D eigenvalue weighted by Crippen LogP contribution is 2.43. The largest absolute Gasteiger partial charge is 0.384 e. The van der Waals surface area contributed by atoms with E-state index in [1.54, 1.807) is 38.2 Å². The molecule has 1 amide bonds. The molecule has 2 aromatic rings. The average molecular weight is 258 g/mol. The summed E-state index contributed by atoms with van der Waals surface area (Å²) in [5.74, 6) is -0.219. The van der Waals surface area contributed by atoms with Crippen LogP contribution in [0.3, 0.4) is 0 Å². The number of aromatic nitrogens is 2. The molecular weight excluding hydrogens is 244 g/mol. The second kappa shape index (κ2) is 3.58. The molecule has 1 aliphatic heterocycles. The van der Waals surface area contributed by atoms with Crippen molar-refractivity contribution in [1.29, 1.82) is 0 Å². The lowest BCUT2D eigenvalue weighted by molar-refractivity contribution is -0.129. The lowest BCUT2D eigenvalue weighted by Gasteiger charge is -2.21. The zero-order valence-electron chi connectivity index (χ0n) is 10.6. The van der Waals surface area contributed by atoms with Gasteiger partial charge in [0, 0.05) is 18.3 Å². The van der Waals surface area contributed by atoms with E-state index in [2.05, 4.69) is 10.4 Å². The molecule has 6 heteroatoms. The van der Waals surface area contributed by atoms with Gasteiger partial charge in [-0.25, -0.2) is 0 Å². The van der Waals surface area contributed by atoms with Crippen LogP contribution in [0.4, 0.5) is 11.5 Å². The molecule has 1 aromatic carbocycles. The molecule has 0 saturated heterocycles. The lowest BCUT2D eigenvalue weighted by atomic mass is 9.87. The number of aryl methyl sites for hydroxylation is 2. The number of fused-ring (bicyclic) bond motifs is 1. The minimum Gasteiger partial charge on any atom is -0.384 e.